The molecule has 0 spiro atoms. The number of allylic oxidation sites excluding steroid dienone is 1. The lowest BCUT2D eigenvalue weighted by Crippen LogP contribution is -2.33. The van der Waals surface area contributed by atoms with Gasteiger partial charge in [0, 0.05) is 25.1 Å². The van der Waals surface area contributed by atoms with E-state index >= 15 is 0 Å². The average Bonchev–Trinajstić information content (AvgIpc) is 3.10. The highest BCUT2D eigenvalue weighted by molar-refractivity contribution is 6.12. The van der Waals surface area contributed by atoms with Gasteiger partial charge in [-0.1, -0.05) is 18.2 Å². The number of hydrogen-bond donors (Lipinski definition) is 1. The second-order valence-electron chi connectivity index (χ2n) is 7.40. The van der Waals surface area contributed by atoms with Gasteiger partial charge in [-0.15, -0.1) is 0 Å². The number of benzene rings is 2. The van der Waals surface area contributed by atoms with Gasteiger partial charge in [-0.2, -0.15) is 5.10 Å². The van der Waals surface area contributed by atoms with Crippen molar-refractivity contribution in [3.05, 3.63) is 59.2 Å². The third-order valence-electron chi connectivity index (χ3n) is 5.01. The van der Waals surface area contributed by atoms with Gasteiger partial charge in [-0.25, -0.2) is 5.01 Å². The highest BCUT2D eigenvalue weighted by Crippen LogP contribution is 2.37. The Morgan fingerprint density at radius 3 is 2.47 bits per heavy atom. The van der Waals surface area contributed by atoms with Crippen molar-refractivity contribution < 1.29 is 19.1 Å². The fourth-order valence-corrected chi connectivity index (χ4v) is 3.62. The van der Waals surface area contributed by atoms with Gasteiger partial charge in [0.2, 0.25) is 18.6 Å². The first kappa shape index (κ1) is 19.7. The lowest BCUT2D eigenvalue weighted by Gasteiger charge is -2.21. The van der Waals surface area contributed by atoms with E-state index in [2.05, 4.69) is 10.4 Å². The molecule has 1 N–H and O–H groups in total. The van der Waals surface area contributed by atoms with Crippen LogP contribution in [-0.4, -0.2) is 35.4 Å². The van der Waals surface area contributed by atoms with Crippen molar-refractivity contribution in [3.8, 4) is 11.5 Å². The minimum absolute atomic E-state index is 0.0792. The average molecular weight is 405 g/mol. The molecule has 0 bridgehead atoms. The molecule has 4 rings (SSSR count). The number of amides is 2. The third-order valence-corrected chi connectivity index (χ3v) is 5.01. The Bertz CT molecular complexity index is 1060. The summed E-state index contributed by atoms with van der Waals surface area (Å²) in [5.41, 5.74) is 4.33. The summed E-state index contributed by atoms with van der Waals surface area (Å²) in [7, 11) is 0. The Balaban J connectivity index is 1.70. The number of rotatable bonds is 3. The molecule has 2 aliphatic rings. The summed E-state index contributed by atoms with van der Waals surface area (Å²) < 4.78 is 11.1. The van der Waals surface area contributed by atoms with Gasteiger partial charge in [-0.05, 0) is 54.8 Å². The van der Waals surface area contributed by atoms with Crippen molar-refractivity contribution in [3.63, 3.8) is 0 Å². The maximum absolute atomic E-state index is 12.2. The molecule has 0 radical (unpaired) electrons. The van der Waals surface area contributed by atoms with Crippen LogP contribution < -0.4 is 14.8 Å². The molecule has 2 aliphatic heterocycles. The number of carbonyl (C=O) groups excluding carboxylic acids is 2. The van der Waals surface area contributed by atoms with Crippen LogP contribution in [0.15, 0.2) is 47.6 Å². The van der Waals surface area contributed by atoms with Crippen LogP contribution in [-0.2, 0) is 16.0 Å². The monoisotopic (exact) mass is 405 g/mol. The van der Waals surface area contributed by atoms with Crippen molar-refractivity contribution in [2.45, 2.75) is 33.2 Å². The molecule has 7 heteroatoms. The zero-order valence-corrected chi connectivity index (χ0v) is 17.1. The Morgan fingerprint density at radius 2 is 1.80 bits per heavy atom. The number of nitrogens with one attached hydrogen (secondary N) is 1. The highest BCUT2D eigenvalue weighted by Gasteiger charge is 2.26. The maximum Gasteiger partial charge on any atom is 0.239 e. The van der Waals surface area contributed by atoms with Crippen LogP contribution in [0.1, 0.15) is 37.5 Å². The van der Waals surface area contributed by atoms with Gasteiger partial charge in [0.25, 0.3) is 0 Å². The Hall–Kier alpha value is -3.61. The Kier molecular flexibility index (Phi) is 5.27. The minimum Gasteiger partial charge on any atom is -0.454 e. The third kappa shape index (κ3) is 4.05. The van der Waals surface area contributed by atoms with Gasteiger partial charge < -0.3 is 14.8 Å². The normalized spacial score (nSPS) is 17.4. The summed E-state index contributed by atoms with van der Waals surface area (Å²) in [6.45, 7) is 5.18. The van der Waals surface area contributed by atoms with Gasteiger partial charge in [0.15, 0.2) is 11.5 Å². The van der Waals surface area contributed by atoms with Crippen molar-refractivity contribution in [2.24, 2.45) is 5.10 Å². The van der Waals surface area contributed by atoms with Crippen LogP contribution in [0.2, 0.25) is 0 Å². The predicted octanol–water partition coefficient (Wildman–Crippen LogP) is 3.58. The van der Waals surface area contributed by atoms with Crippen LogP contribution in [0.3, 0.4) is 0 Å². The second-order valence-corrected chi connectivity index (χ2v) is 7.40. The van der Waals surface area contributed by atoms with Gasteiger partial charge >= 0.3 is 0 Å². The molecule has 30 heavy (non-hydrogen) atoms. The number of carbonyl (C=O) groups is 2. The van der Waals surface area contributed by atoms with Crippen LogP contribution in [0, 0.1) is 0 Å². The van der Waals surface area contributed by atoms with E-state index in [-0.39, 0.29) is 24.6 Å². The van der Waals surface area contributed by atoms with Crippen LogP contribution >= 0.6 is 0 Å². The molecule has 0 saturated heterocycles. The summed E-state index contributed by atoms with van der Waals surface area (Å²) in [4.78, 5) is 23.4. The van der Waals surface area contributed by atoms with E-state index in [1.165, 1.54) is 18.9 Å². The van der Waals surface area contributed by atoms with Crippen LogP contribution in [0.4, 0.5) is 5.69 Å². The molecule has 2 heterocycles. The molecule has 154 valence electrons. The number of ether oxygens (including phenoxy) is 2. The molecule has 2 aromatic carbocycles. The van der Waals surface area contributed by atoms with E-state index in [1.54, 1.807) is 0 Å². The molecule has 0 aliphatic carbocycles. The Morgan fingerprint density at radius 1 is 1.10 bits per heavy atom. The quantitative estimate of drug-likeness (QED) is 0.846. The van der Waals surface area contributed by atoms with Crippen molar-refractivity contribution in [1.82, 2.24) is 5.01 Å². The number of fused-ring (bicyclic) bond motifs is 2. The molecule has 2 amide bonds. The van der Waals surface area contributed by atoms with Gasteiger partial charge in [0.1, 0.15) is 0 Å². The van der Waals surface area contributed by atoms with E-state index in [1.807, 2.05) is 55.5 Å². The molecule has 0 fully saturated rings. The standard InChI is InChI=1S/C23H23N3O4/c1-14-10-18-11-22-23(30-13-29-22)12-20(18)21(25-26(14)16(3)28)9-6-17-4-7-19(8-5-17)24-15(2)27/h4-9,11-12,14H,10,13H2,1-3H3,(H,24,27). The summed E-state index contributed by atoms with van der Waals surface area (Å²) in [6.07, 6.45) is 4.49. The first-order chi connectivity index (χ1) is 14.4. The number of hydrogen-bond acceptors (Lipinski definition) is 5. The van der Waals surface area contributed by atoms with Gasteiger partial charge in [-0.3, -0.25) is 9.59 Å². The lowest BCUT2D eigenvalue weighted by atomic mass is 9.97. The zero-order valence-electron chi connectivity index (χ0n) is 17.1. The number of nitrogens with zero attached hydrogens (tertiary/aromatic N) is 2. The summed E-state index contributed by atoms with van der Waals surface area (Å²) >= 11 is 0. The molecular weight excluding hydrogens is 382 g/mol. The van der Waals surface area contributed by atoms with E-state index in [4.69, 9.17) is 9.47 Å². The van der Waals surface area contributed by atoms with Crippen molar-refractivity contribution in [2.75, 3.05) is 12.1 Å². The lowest BCUT2D eigenvalue weighted by molar-refractivity contribution is -0.130. The van der Waals surface area contributed by atoms with Crippen molar-refractivity contribution in [1.29, 1.82) is 0 Å². The molecule has 0 aromatic heterocycles. The number of hydrazone groups is 1. The fourth-order valence-electron chi connectivity index (χ4n) is 3.62. The van der Waals surface area contributed by atoms with E-state index in [9.17, 15) is 9.59 Å². The molecular formula is C23H23N3O4. The summed E-state index contributed by atoms with van der Waals surface area (Å²) in [6, 6.07) is 11.3. The largest absolute Gasteiger partial charge is 0.454 e. The first-order valence-electron chi connectivity index (χ1n) is 9.78. The minimum atomic E-state index is -0.111. The first-order valence-corrected chi connectivity index (χ1v) is 9.78. The van der Waals surface area contributed by atoms with Gasteiger partial charge in [0.05, 0.1) is 11.8 Å². The maximum atomic E-state index is 12.2. The zero-order chi connectivity index (χ0) is 21.3. The Labute approximate surface area is 175 Å². The van der Waals surface area contributed by atoms with Crippen LogP contribution in [0.25, 0.3) is 6.08 Å². The SMILES string of the molecule is CC(=O)Nc1ccc(C=CC2=NN(C(C)=O)C(C)Cc3cc4c(cc32)OCO4)cc1. The molecule has 0 saturated carbocycles. The molecule has 1 atom stereocenters. The highest BCUT2D eigenvalue weighted by atomic mass is 16.7. The van der Waals surface area contributed by atoms with E-state index in [0.29, 0.717) is 23.6 Å². The molecule has 2 aromatic rings. The van der Waals surface area contributed by atoms with E-state index in [0.717, 1.165) is 22.4 Å². The molecule has 7 nitrogen and oxygen atoms in total. The van der Waals surface area contributed by atoms with Crippen molar-refractivity contribution >= 4 is 29.3 Å². The van der Waals surface area contributed by atoms with Crippen LogP contribution in [0.5, 0.6) is 11.5 Å². The molecule has 1 unspecified atom stereocenters. The summed E-state index contributed by atoms with van der Waals surface area (Å²) in [5.74, 6) is 1.17. The smallest absolute Gasteiger partial charge is 0.239 e. The topological polar surface area (TPSA) is 80.2 Å². The number of anilines is 1. The second kappa shape index (κ2) is 8.02. The predicted molar refractivity (Wildman–Crippen MR) is 115 cm³/mol. The fraction of sp³-hybridized carbons (Fsp3) is 0.261. The van der Waals surface area contributed by atoms with E-state index < -0.39 is 0 Å². The summed E-state index contributed by atoms with van der Waals surface area (Å²) in [5, 5.41) is 8.92.